The van der Waals surface area contributed by atoms with Crippen LogP contribution in [0.4, 0.5) is 0 Å². The van der Waals surface area contributed by atoms with E-state index in [2.05, 4.69) is 12.1 Å². The molecule has 0 N–H and O–H groups in total. The lowest BCUT2D eigenvalue weighted by atomic mass is 10.0. The average Bonchev–Trinajstić information content (AvgIpc) is 2.55. The van der Waals surface area contributed by atoms with Gasteiger partial charge in [-0.15, -0.1) is 0 Å². The summed E-state index contributed by atoms with van der Waals surface area (Å²) in [7, 11) is 0. The Labute approximate surface area is 124 Å². The van der Waals surface area contributed by atoms with Crippen molar-refractivity contribution in [3.05, 3.63) is 77.9 Å². The molecule has 3 rings (SSSR count). The van der Waals surface area contributed by atoms with E-state index in [1.165, 1.54) is 0 Å². The zero-order valence-electron chi connectivity index (χ0n) is 11.6. The van der Waals surface area contributed by atoms with Gasteiger partial charge < -0.3 is 4.74 Å². The van der Waals surface area contributed by atoms with Crippen LogP contribution in [0.25, 0.3) is 10.8 Å². The third-order valence-corrected chi connectivity index (χ3v) is 3.46. The van der Waals surface area contributed by atoms with Gasteiger partial charge in [-0.05, 0) is 10.9 Å². The van der Waals surface area contributed by atoms with Crippen molar-refractivity contribution in [2.24, 2.45) is 0 Å². The van der Waals surface area contributed by atoms with Crippen molar-refractivity contribution in [3.63, 3.8) is 0 Å². The highest BCUT2D eigenvalue weighted by Gasteiger charge is 2.09. The Morgan fingerprint density at radius 3 is 2.43 bits per heavy atom. The second-order valence-electron chi connectivity index (χ2n) is 4.88. The van der Waals surface area contributed by atoms with Crippen molar-refractivity contribution < 1.29 is 4.74 Å². The maximum atomic E-state index is 9.00. The Morgan fingerprint density at radius 2 is 1.62 bits per heavy atom. The summed E-state index contributed by atoms with van der Waals surface area (Å²) < 4.78 is 6.04. The van der Waals surface area contributed by atoms with Crippen molar-refractivity contribution in [2.75, 3.05) is 0 Å². The van der Waals surface area contributed by atoms with Crippen molar-refractivity contribution >= 4 is 10.8 Å². The first-order valence-electron chi connectivity index (χ1n) is 6.93. The molecule has 3 aromatic rings. The standard InChI is InChI=1S/C19H15NO/c20-13-12-17-11-10-16-8-4-5-9-18(16)19(17)21-14-15-6-2-1-3-7-15/h1-11H,12,14H2. The van der Waals surface area contributed by atoms with Crippen LogP contribution < -0.4 is 4.74 Å². The molecule has 102 valence electrons. The van der Waals surface area contributed by atoms with Gasteiger partial charge in [0.1, 0.15) is 12.4 Å². The van der Waals surface area contributed by atoms with E-state index in [0.717, 1.165) is 27.6 Å². The zero-order valence-corrected chi connectivity index (χ0v) is 11.6. The average molecular weight is 273 g/mol. The Hall–Kier alpha value is -2.79. The Kier molecular flexibility index (Phi) is 3.84. The van der Waals surface area contributed by atoms with Crippen LogP contribution in [0.1, 0.15) is 11.1 Å². The molecule has 2 heteroatoms. The third kappa shape index (κ3) is 2.88. The van der Waals surface area contributed by atoms with Gasteiger partial charge in [0.25, 0.3) is 0 Å². The molecule has 0 atom stereocenters. The van der Waals surface area contributed by atoms with Crippen LogP contribution in [0.3, 0.4) is 0 Å². The van der Waals surface area contributed by atoms with Gasteiger partial charge >= 0.3 is 0 Å². The zero-order chi connectivity index (χ0) is 14.5. The minimum atomic E-state index is 0.356. The first-order valence-corrected chi connectivity index (χ1v) is 6.93. The lowest BCUT2D eigenvalue weighted by molar-refractivity contribution is 0.307. The number of nitriles is 1. The molecule has 0 aliphatic carbocycles. The van der Waals surface area contributed by atoms with Crippen molar-refractivity contribution in [2.45, 2.75) is 13.0 Å². The minimum absolute atomic E-state index is 0.356. The van der Waals surface area contributed by atoms with E-state index in [1.807, 2.05) is 60.7 Å². The van der Waals surface area contributed by atoms with E-state index in [9.17, 15) is 0 Å². The molecule has 0 aromatic heterocycles. The number of ether oxygens (including phenoxy) is 1. The smallest absolute Gasteiger partial charge is 0.131 e. The van der Waals surface area contributed by atoms with Gasteiger partial charge in [-0.3, -0.25) is 0 Å². The van der Waals surface area contributed by atoms with Crippen molar-refractivity contribution in [1.82, 2.24) is 0 Å². The van der Waals surface area contributed by atoms with E-state index in [1.54, 1.807) is 0 Å². The van der Waals surface area contributed by atoms with Crippen LogP contribution in [-0.2, 0) is 13.0 Å². The van der Waals surface area contributed by atoms with Gasteiger partial charge in [-0.1, -0.05) is 66.7 Å². The lowest BCUT2D eigenvalue weighted by Gasteiger charge is -2.13. The molecular formula is C19H15NO. The number of rotatable bonds is 4. The molecule has 0 saturated heterocycles. The van der Waals surface area contributed by atoms with Gasteiger partial charge in [0, 0.05) is 10.9 Å². The van der Waals surface area contributed by atoms with Crippen LogP contribution in [0.2, 0.25) is 0 Å². The Morgan fingerprint density at radius 1 is 0.857 bits per heavy atom. The second-order valence-corrected chi connectivity index (χ2v) is 4.88. The molecule has 0 heterocycles. The second kappa shape index (κ2) is 6.11. The fourth-order valence-corrected chi connectivity index (χ4v) is 2.41. The molecule has 0 fully saturated rings. The summed E-state index contributed by atoms with van der Waals surface area (Å²) in [5.74, 6) is 0.818. The van der Waals surface area contributed by atoms with Gasteiger partial charge in [-0.25, -0.2) is 0 Å². The molecule has 0 bridgehead atoms. The summed E-state index contributed by atoms with van der Waals surface area (Å²) in [4.78, 5) is 0. The summed E-state index contributed by atoms with van der Waals surface area (Å²) in [5.41, 5.74) is 2.06. The normalized spacial score (nSPS) is 10.2. The monoisotopic (exact) mass is 273 g/mol. The van der Waals surface area contributed by atoms with Crippen molar-refractivity contribution in [3.8, 4) is 11.8 Å². The maximum absolute atomic E-state index is 9.00. The van der Waals surface area contributed by atoms with Crippen LogP contribution in [0.15, 0.2) is 66.7 Å². The SMILES string of the molecule is N#CCc1ccc2ccccc2c1OCc1ccccc1. The predicted molar refractivity (Wildman–Crippen MR) is 84.0 cm³/mol. The molecule has 0 aliphatic rings. The highest BCUT2D eigenvalue weighted by atomic mass is 16.5. The fourth-order valence-electron chi connectivity index (χ4n) is 2.41. The molecule has 0 unspecified atom stereocenters. The van der Waals surface area contributed by atoms with Crippen LogP contribution >= 0.6 is 0 Å². The third-order valence-electron chi connectivity index (χ3n) is 3.46. The van der Waals surface area contributed by atoms with Gasteiger partial charge in [0.2, 0.25) is 0 Å². The van der Waals surface area contributed by atoms with Gasteiger partial charge in [-0.2, -0.15) is 5.26 Å². The summed E-state index contributed by atoms with van der Waals surface area (Å²) >= 11 is 0. The van der Waals surface area contributed by atoms with E-state index in [4.69, 9.17) is 10.00 Å². The van der Waals surface area contributed by atoms with Crippen LogP contribution in [0, 0.1) is 11.3 Å². The topological polar surface area (TPSA) is 33.0 Å². The quantitative estimate of drug-likeness (QED) is 0.702. The lowest BCUT2D eigenvalue weighted by Crippen LogP contribution is -1.99. The molecule has 2 nitrogen and oxygen atoms in total. The fraction of sp³-hybridized carbons (Fsp3) is 0.105. The highest BCUT2D eigenvalue weighted by Crippen LogP contribution is 2.30. The Balaban J connectivity index is 1.98. The van der Waals surface area contributed by atoms with Crippen molar-refractivity contribution in [1.29, 1.82) is 5.26 Å². The summed E-state index contributed by atoms with van der Waals surface area (Å²) in [6.45, 7) is 0.507. The molecule has 3 aromatic carbocycles. The first-order chi connectivity index (χ1) is 10.4. The van der Waals surface area contributed by atoms with Gasteiger partial charge in [0.05, 0.1) is 12.5 Å². The molecule has 0 radical (unpaired) electrons. The highest BCUT2D eigenvalue weighted by molar-refractivity contribution is 5.89. The predicted octanol–water partition coefficient (Wildman–Crippen LogP) is 4.48. The minimum Gasteiger partial charge on any atom is -0.488 e. The molecule has 21 heavy (non-hydrogen) atoms. The number of hydrogen-bond acceptors (Lipinski definition) is 2. The van der Waals surface area contributed by atoms with E-state index >= 15 is 0 Å². The molecule has 0 amide bonds. The van der Waals surface area contributed by atoms with E-state index < -0.39 is 0 Å². The summed E-state index contributed by atoms with van der Waals surface area (Å²) in [6, 6.07) is 24.4. The first kappa shape index (κ1) is 13.2. The van der Waals surface area contributed by atoms with E-state index in [0.29, 0.717) is 13.0 Å². The molecule has 0 saturated carbocycles. The molecule has 0 spiro atoms. The molecule has 0 aliphatic heterocycles. The largest absolute Gasteiger partial charge is 0.488 e. The summed E-state index contributed by atoms with van der Waals surface area (Å²) in [5, 5.41) is 11.2. The maximum Gasteiger partial charge on any atom is 0.131 e. The Bertz CT molecular complexity index is 788. The number of fused-ring (bicyclic) bond motifs is 1. The van der Waals surface area contributed by atoms with Crippen LogP contribution in [0.5, 0.6) is 5.75 Å². The number of nitrogens with zero attached hydrogens (tertiary/aromatic N) is 1. The molecular weight excluding hydrogens is 258 g/mol. The van der Waals surface area contributed by atoms with E-state index in [-0.39, 0.29) is 0 Å². The van der Waals surface area contributed by atoms with Crippen LogP contribution in [-0.4, -0.2) is 0 Å². The number of hydrogen-bond donors (Lipinski definition) is 0. The number of benzene rings is 3. The summed E-state index contributed by atoms with van der Waals surface area (Å²) in [6.07, 6.45) is 0.356. The van der Waals surface area contributed by atoms with Gasteiger partial charge in [0.15, 0.2) is 0 Å².